The fourth-order valence-corrected chi connectivity index (χ4v) is 0.645. The van der Waals surface area contributed by atoms with Gasteiger partial charge < -0.3 is 14.9 Å². The SMILES string of the molecule is COCCCNC(=O)CNOC. The molecule has 2 N–H and O–H groups in total. The lowest BCUT2D eigenvalue weighted by atomic mass is 10.4. The normalized spacial score (nSPS) is 9.83. The summed E-state index contributed by atoms with van der Waals surface area (Å²) >= 11 is 0. The van der Waals surface area contributed by atoms with Crippen LogP contribution in [-0.4, -0.2) is 39.8 Å². The van der Waals surface area contributed by atoms with Gasteiger partial charge >= 0.3 is 0 Å². The summed E-state index contributed by atoms with van der Waals surface area (Å²) in [7, 11) is 3.10. The van der Waals surface area contributed by atoms with Gasteiger partial charge in [-0.25, -0.2) is 0 Å². The van der Waals surface area contributed by atoms with Crippen LogP contribution in [0.2, 0.25) is 0 Å². The second-order valence-corrected chi connectivity index (χ2v) is 2.22. The second-order valence-electron chi connectivity index (χ2n) is 2.22. The average Bonchev–Trinajstić information content (AvgIpc) is 2.09. The summed E-state index contributed by atoms with van der Waals surface area (Å²) in [6, 6.07) is 0. The number of carbonyl (C=O) groups is 1. The molecule has 0 aromatic carbocycles. The lowest BCUT2D eigenvalue weighted by Crippen LogP contribution is -2.34. The molecule has 0 rings (SSSR count). The van der Waals surface area contributed by atoms with Gasteiger partial charge in [0.15, 0.2) is 0 Å². The van der Waals surface area contributed by atoms with Crippen LogP contribution in [0.1, 0.15) is 6.42 Å². The highest BCUT2D eigenvalue weighted by atomic mass is 16.6. The second kappa shape index (κ2) is 8.45. The van der Waals surface area contributed by atoms with Gasteiger partial charge in [-0.1, -0.05) is 0 Å². The van der Waals surface area contributed by atoms with E-state index in [4.69, 9.17) is 4.74 Å². The Morgan fingerprint density at radius 1 is 1.42 bits per heavy atom. The van der Waals surface area contributed by atoms with Crippen molar-refractivity contribution in [2.75, 3.05) is 33.9 Å². The van der Waals surface area contributed by atoms with Crippen LogP contribution >= 0.6 is 0 Å². The van der Waals surface area contributed by atoms with Crippen molar-refractivity contribution >= 4 is 5.91 Å². The van der Waals surface area contributed by atoms with Gasteiger partial charge in [0.25, 0.3) is 0 Å². The van der Waals surface area contributed by atoms with E-state index in [9.17, 15) is 4.79 Å². The first-order chi connectivity index (χ1) is 5.81. The average molecular weight is 176 g/mol. The van der Waals surface area contributed by atoms with E-state index in [2.05, 4.69) is 15.6 Å². The third kappa shape index (κ3) is 7.46. The van der Waals surface area contributed by atoms with E-state index in [1.54, 1.807) is 7.11 Å². The molecule has 0 spiro atoms. The van der Waals surface area contributed by atoms with E-state index in [0.717, 1.165) is 6.42 Å². The Labute approximate surface area is 72.4 Å². The van der Waals surface area contributed by atoms with Gasteiger partial charge in [-0.3, -0.25) is 4.79 Å². The maximum Gasteiger partial charge on any atom is 0.236 e. The van der Waals surface area contributed by atoms with E-state index < -0.39 is 0 Å². The zero-order chi connectivity index (χ0) is 9.23. The van der Waals surface area contributed by atoms with Crippen LogP contribution in [0.3, 0.4) is 0 Å². The molecule has 0 aliphatic rings. The van der Waals surface area contributed by atoms with Crippen LogP contribution in [0.25, 0.3) is 0 Å². The molecule has 0 saturated heterocycles. The van der Waals surface area contributed by atoms with Crippen LogP contribution in [0.4, 0.5) is 0 Å². The number of rotatable bonds is 7. The topological polar surface area (TPSA) is 59.6 Å². The van der Waals surface area contributed by atoms with Gasteiger partial charge in [0.1, 0.15) is 0 Å². The standard InChI is InChI=1S/C7H16N2O3/c1-11-5-3-4-8-7(10)6-9-12-2/h9H,3-6H2,1-2H3,(H,8,10). The molecule has 1 amide bonds. The molecule has 0 aliphatic heterocycles. The van der Waals surface area contributed by atoms with E-state index in [1.165, 1.54) is 7.11 Å². The Morgan fingerprint density at radius 3 is 2.75 bits per heavy atom. The molecule has 0 aliphatic carbocycles. The Morgan fingerprint density at radius 2 is 2.17 bits per heavy atom. The molecular weight excluding hydrogens is 160 g/mol. The molecule has 0 radical (unpaired) electrons. The van der Waals surface area contributed by atoms with Crippen molar-refractivity contribution in [2.45, 2.75) is 6.42 Å². The molecule has 0 aromatic heterocycles. The Kier molecular flexibility index (Phi) is 7.99. The molecule has 0 saturated carbocycles. The van der Waals surface area contributed by atoms with Gasteiger partial charge in [-0.15, -0.1) is 0 Å². The van der Waals surface area contributed by atoms with Crippen LogP contribution in [0.5, 0.6) is 0 Å². The van der Waals surface area contributed by atoms with Crippen molar-refractivity contribution in [3.63, 3.8) is 0 Å². The predicted octanol–water partition coefficient (Wildman–Crippen LogP) is -0.710. The lowest BCUT2D eigenvalue weighted by molar-refractivity contribution is -0.122. The van der Waals surface area contributed by atoms with E-state index in [-0.39, 0.29) is 12.5 Å². The highest BCUT2D eigenvalue weighted by molar-refractivity contribution is 5.77. The van der Waals surface area contributed by atoms with Crippen LogP contribution in [-0.2, 0) is 14.4 Å². The van der Waals surface area contributed by atoms with Crippen LogP contribution < -0.4 is 10.8 Å². The summed E-state index contributed by atoms with van der Waals surface area (Å²) in [6.45, 7) is 1.49. The summed E-state index contributed by atoms with van der Waals surface area (Å²) < 4.78 is 4.81. The van der Waals surface area contributed by atoms with Crippen molar-refractivity contribution in [1.82, 2.24) is 10.8 Å². The number of amides is 1. The number of hydrogen-bond acceptors (Lipinski definition) is 4. The van der Waals surface area contributed by atoms with Crippen molar-refractivity contribution < 1.29 is 14.4 Å². The highest BCUT2D eigenvalue weighted by Crippen LogP contribution is 1.76. The molecular formula is C7H16N2O3. The number of nitrogens with one attached hydrogen (secondary N) is 2. The molecule has 0 fully saturated rings. The van der Waals surface area contributed by atoms with Crippen molar-refractivity contribution in [1.29, 1.82) is 0 Å². The number of hydrogen-bond donors (Lipinski definition) is 2. The largest absolute Gasteiger partial charge is 0.385 e. The number of hydroxylamine groups is 1. The first kappa shape index (κ1) is 11.4. The smallest absolute Gasteiger partial charge is 0.236 e. The zero-order valence-corrected chi connectivity index (χ0v) is 7.55. The van der Waals surface area contributed by atoms with Crippen molar-refractivity contribution in [3.05, 3.63) is 0 Å². The molecule has 0 unspecified atom stereocenters. The summed E-state index contributed by atoms with van der Waals surface area (Å²) in [6.07, 6.45) is 0.829. The summed E-state index contributed by atoms with van der Waals surface area (Å²) in [5, 5.41) is 2.69. The van der Waals surface area contributed by atoms with Gasteiger partial charge in [0, 0.05) is 20.3 Å². The maximum atomic E-state index is 10.9. The van der Waals surface area contributed by atoms with Gasteiger partial charge in [0.05, 0.1) is 13.7 Å². The summed E-state index contributed by atoms with van der Waals surface area (Å²) in [4.78, 5) is 15.4. The van der Waals surface area contributed by atoms with Crippen molar-refractivity contribution in [3.8, 4) is 0 Å². The van der Waals surface area contributed by atoms with Gasteiger partial charge in [-0.05, 0) is 6.42 Å². The summed E-state index contributed by atoms with van der Waals surface area (Å²) in [5.74, 6) is -0.0760. The predicted molar refractivity (Wildman–Crippen MR) is 44.5 cm³/mol. The Balaban J connectivity index is 3.08. The molecule has 0 aromatic rings. The minimum Gasteiger partial charge on any atom is -0.385 e. The number of ether oxygens (including phenoxy) is 1. The van der Waals surface area contributed by atoms with E-state index in [0.29, 0.717) is 13.2 Å². The molecule has 5 heteroatoms. The summed E-state index contributed by atoms with van der Waals surface area (Å²) in [5.41, 5.74) is 2.45. The third-order valence-corrected chi connectivity index (χ3v) is 1.22. The fraction of sp³-hybridized carbons (Fsp3) is 0.857. The maximum absolute atomic E-state index is 10.9. The number of carbonyl (C=O) groups excluding carboxylic acids is 1. The quantitative estimate of drug-likeness (QED) is 0.397. The molecule has 0 atom stereocenters. The Hall–Kier alpha value is -0.650. The van der Waals surface area contributed by atoms with Gasteiger partial charge in [-0.2, -0.15) is 5.48 Å². The lowest BCUT2D eigenvalue weighted by Gasteiger charge is -2.04. The van der Waals surface area contributed by atoms with E-state index >= 15 is 0 Å². The number of methoxy groups -OCH3 is 1. The minimum absolute atomic E-state index is 0.0760. The first-order valence-corrected chi connectivity index (χ1v) is 3.82. The Bertz CT molecular complexity index is 119. The zero-order valence-electron chi connectivity index (χ0n) is 7.55. The highest BCUT2D eigenvalue weighted by Gasteiger charge is 1.97. The molecule has 0 heterocycles. The van der Waals surface area contributed by atoms with E-state index in [1.807, 2.05) is 0 Å². The fourth-order valence-electron chi connectivity index (χ4n) is 0.645. The molecule has 5 nitrogen and oxygen atoms in total. The molecule has 12 heavy (non-hydrogen) atoms. The van der Waals surface area contributed by atoms with Crippen molar-refractivity contribution in [2.24, 2.45) is 0 Å². The van der Waals surface area contributed by atoms with Crippen LogP contribution in [0.15, 0.2) is 0 Å². The van der Waals surface area contributed by atoms with Gasteiger partial charge in [0.2, 0.25) is 5.91 Å². The van der Waals surface area contributed by atoms with Crippen LogP contribution in [0, 0.1) is 0 Å². The molecule has 0 bridgehead atoms. The molecule has 72 valence electrons. The third-order valence-electron chi connectivity index (χ3n) is 1.22. The minimum atomic E-state index is -0.0760. The monoisotopic (exact) mass is 176 g/mol. The first-order valence-electron chi connectivity index (χ1n) is 3.82.